The predicted molar refractivity (Wildman–Crippen MR) is 78.4 cm³/mol. The summed E-state index contributed by atoms with van der Waals surface area (Å²) < 4.78 is 6.75. The normalized spacial score (nSPS) is 24.3. The zero-order valence-corrected chi connectivity index (χ0v) is 12.5. The molecule has 4 heteroatoms. The standard InChI is InChI=1S/C14H22ClNOS/c1-11-2-4-12(5-3-11)17-9-8-16-10-13-6-7-14(15)18-13/h6-7,11-12,16H,2-5,8-10H2,1H3. The van der Waals surface area contributed by atoms with Crippen molar-refractivity contribution in [1.29, 1.82) is 0 Å². The monoisotopic (exact) mass is 287 g/mol. The lowest BCUT2D eigenvalue weighted by Gasteiger charge is -2.26. The number of ether oxygens (including phenoxy) is 1. The number of rotatable bonds is 6. The summed E-state index contributed by atoms with van der Waals surface area (Å²) in [5.41, 5.74) is 0. The van der Waals surface area contributed by atoms with E-state index in [0.29, 0.717) is 6.10 Å². The van der Waals surface area contributed by atoms with Crippen molar-refractivity contribution >= 4 is 22.9 Å². The molecule has 0 unspecified atom stereocenters. The first-order valence-corrected chi connectivity index (χ1v) is 8.00. The van der Waals surface area contributed by atoms with Gasteiger partial charge in [0.15, 0.2) is 0 Å². The number of hydrogen-bond donors (Lipinski definition) is 1. The van der Waals surface area contributed by atoms with Gasteiger partial charge in [-0.3, -0.25) is 0 Å². The largest absolute Gasteiger partial charge is 0.377 e. The minimum absolute atomic E-state index is 0.499. The fourth-order valence-corrected chi connectivity index (χ4v) is 3.41. The van der Waals surface area contributed by atoms with Crippen molar-refractivity contribution < 1.29 is 4.74 Å². The molecule has 102 valence electrons. The Hall–Kier alpha value is -0.0900. The molecule has 0 spiro atoms. The van der Waals surface area contributed by atoms with E-state index in [0.717, 1.165) is 30.0 Å². The van der Waals surface area contributed by atoms with Crippen molar-refractivity contribution in [1.82, 2.24) is 5.32 Å². The molecule has 1 fully saturated rings. The molecule has 0 atom stereocenters. The van der Waals surface area contributed by atoms with Crippen molar-refractivity contribution in [3.63, 3.8) is 0 Å². The third kappa shape index (κ3) is 4.88. The van der Waals surface area contributed by atoms with Gasteiger partial charge >= 0.3 is 0 Å². The first kappa shape index (κ1) is 14.3. The Labute approximate surface area is 119 Å². The molecule has 1 aliphatic carbocycles. The average Bonchev–Trinajstić information content (AvgIpc) is 2.77. The minimum atomic E-state index is 0.499. The van der Waals surface area contributed by atoms with E-state index in [9.17, 15) is 0 Å². The van der Waals surface area contributed by atoms with E-state index in [1.165, 1.54) is 30.6 Å². The Morgan fingerprint density at radius 1 is 1.33 bits per heavy atom. The number of hydrogen-bond acceptors (Lipinski definition) is 3. The second-order valence-electron chi connectivity index (χ2n) is 5.14. The van der Waals surface area contributed by atoms with Crippen LogP contribution in [0.1, 0.15) is 37.5 Å². The van der Waals surface area contributed by atoms with Crippen LogP contribution < -0.4 is 5.32 Å². The van der Waals surface area contributed by atoms with Gasteiger partial charge in [0.05, 0.1) is 17.0 Å². The van der Waals surface area contributed by atoms with Gasteiger partial charge < -0.3 is 10.1 Å². The molecule has 0 saturated heterocycles. The quantitative estimate of drug-likeness (QED) is 0.796. The molecular weight excluding hydrogens is 266 g/mol. The maximum atomic E-state index is 5.89. The lowest BCUT2D eigenvalue weighted by molar-refractivity contribution is 0.0216. The molecule has 0 radical (unpaired) electrons. The van der Waals surface area contributed by atoms with Crippen molar-refractivity contribution in [2.75, 3.05) is 13.2 Å². The van der Waals surface area contributed by atoms with Gasteiger partial charge in [0.2, 0.25) is 0 Å². The molecule has 18 heavy (non-hydrogen) atoms. The molecule has 1 N–H and O–H groups in total. The summed E-state index contributed by atoms with van der Waals surface area (Å²) in [5.74, 6) is 0.895. The molecule has 1 heterocycles. The highest BCUT2D eigenvalue weighted by Crippen LogP contribution is 2.25. The summed E-state index contributed by atoms with van der Waals surface area (Å²) >= 11 is 7.52. The number of thiophene rings is 1. The van der Waals surface area contributed by atoms with Gasteiger partial charge in [-0.2, -0.15) is 0 Å². The second-order valence-corrected chi connectivity index (χ2v) is 6.93. The van der Waals surface area contributed by atoms with Crippen LogP contribution >= 0.6 is 22.9 Å². The molecule has 1 aliphatic rings. The van der Waals surface area contributed by atoms with Gasteiger partial charge in [0, 0.05) is 18.0 Å². The number of halogens is 1. The topological polar surface area (TPSA) is 21.3 Å². The van der Waals surface area contributed by atoms with E-state index in [4.69, 9.17) is 16.3 Å². The van der Waals surface area contributed by atoms with Gasteiger partial charge in [0.1, 0.15) is 0 Å². The molecule has 2 nitrogen and oxygen atoms in total. The van der Waals surface area contributed by atoms with Gasteiger partial charge in [0.25, 0.3) is 0 Å². The lowest BCUT2D eigenvalue weighted by Crippen LogP contribution is -2.25. The van der Waals surface area contributed by atoms with E-state index in [2.05, 4.69) is 18.3 Å². The van der Waals surface area contributed by atoms with E-state index < -0.39 is 0 Å². The molecule has 1 aromatic rings. The Bertz CT molecular complexity index is 347. The molecule has 0 amide bonds. The molecular formula is C14H22ClNOS. The fourth-order valence-electron chi connectivity index (χ4n) is 2.35. The molecule has 0 bridgehead atoms. The van der Waals surface area contributed by atoms with Gasteiger partial charge in [-0.15, -0.1) is 11.3 Å². The van der Waals surface area contributed by atoms with E-state index in [-0.39, 0.29) is 0 Å². The summed E-state index contributed by atoms with van der Waals surface area (Å²) in [5, 5.41) is 3.39. The smallest absolute Gasteiger partial charge is 0.0931 e. The molecule has 0 aromatic carbocycles. The third-order valence-corrected chi connectivity index (χ3v) is 4.75. The lowest BCUT2D eigenvalue weighted by atomic mass is 9.89. The second kappa shape index (κ2) is 7.49. The van der Waals surface area contributed by atoms with Gasteiger partial charge in [-0.1, -0.05) is 18.5 Å². The Morgan fingerprint density at radius 3 is 2.78 bits per heavy atom. The highest BCUT2D eigenvalue weighted by Gasteiger charge is 2.17. The van der Waals surface area contributed by atoms with Crippen LogP contribution in [-0.2, 0) is 11.3 Å². The molecule has 1 aromatic heterocycles. The summed E-state index contributed by atoms with van der Waals surface area (Å²) in [6, 6.07) is 4.02. The van der Waals surface area contributed by atoms with Crippen LogP contribution in [-0.4, -0.2) is 19.3 Å². The van der Waals surface area contributed by atoms with Crippen LogP contribution in [0.15, 0.2) is 12.1 Å². The fraction of sp³-hybridized carbons (Fsp3) is 0.714. The number of nitrogens with one attached hydrogen (secondary N) is 1. The Balaban J connectivity index is 1.51. The van der Waals surface area contributed by atoms with Crippen LogP contribution in [0.2, 0.25) is 4.34 Å². The highest BCUT2D eigenvalue weighted by molar-refractivity contribution is 7.16. The molecule has 0 aliphatic heterocycles. The van der Waals surface area contributed by atoms with E-state index in [1.54, 1.807) is 11.3 Å². The summed E-state index contributed by atoms with van der Waals surface area (Å²) in [4.78, 5) is 1.28. The van der Waals surface area contributed by atoms with E-state index in [1.807, 2.05) is 6.07 Å². The van der Waals surface area contributed by atoms with Crippen LogP contribution in [0.3, 0.4) is 0 Å². The first-order chi connectivity index (χ1) is 8.74. The maximum absolute atomic E-state index is 5.89. The van der Waals surface area contributed by atoms with Crippen LogP contribution in [0, 0.1) is 5.92 Å². The molecule has 2 rings (SSSR count). The first-order valence-electron chi connectivity index (χ1n) is 6.80. The van der Waals surface area contributed by atoms with E-state index >= 15 is 0 Å². The summed E-state index contributed by atoms with van der Waals surface area (Å²) in [6.45, 7) is 4.96. The predicted octanol–water partition coefficient (Wildman–Crippen LogP) is 4.09. The van der Waals surface area contributed by atoms with Crippen molar-refractivity contribution in [2.24, 2.45) is 5.92 Å². The zero-order valence-electron chi connectivity index (χ0n) is 11.0. The third-order valence-electron chi connectivity index (χ3n) is 3.52. The SMILES string of the molecule is CC1CCC(OCCNCc2ccc(Cl)s2)CC1. The minimum Gasteiger partial charge on any atom is -0.377 e. The zero-order chi connectivity index (χ0) is 12.8. The van der Waals surface area contributed by atoms with Crippen molar-refractivity contribution in [3.8, 4) is 0 Å². The maximum Gasteiger partial charge on any atom is 0.0931 e. The summed E-state index contributed by atoms with van der Waals surface area (Å²) in [7, 11) is 0. The van der Waals surface area contributed by atoms with Crippen LogP contribution in [0.5, 0.6) is 0 Å². The summed E-state index contributed by atoms with van der Waals surface area (Å²) in [6.07, 6.45) is 5.63. The van der Waals surface area contributed by atoms with Crippen molar-refractivity contribution in [3.05, 3.63) is 21.3 Å². The average molecular weight is 288 g/mol. The Morgan fingerprint density at radius 2 is 2.11 bits per heavy atom. The van der Waals surface area contributed by atoms with Gasteiger partial charge in [-0.05, 0) is 43.7 Å². The van der Waals surface area contributed by atoms with Gasteiger partial charge in [-0.25, -0.2) is 0 Å². The van der Waals surface area contributed by atoms with Crippen LogP contribution in [0.25, 0.3) is 0 Å². The Kier molecular flexibility index (Phi) is 5.96. The highest BCUT2D eigenvalue weighted by atomic mass is 35.5. The molecule has 1 saturated carbocycles. The van der Waals surface area contributed by atoms with Crippen LogP contribution in [0.4, 0.5) is 0 Å². The van der Waals surface area contributed by atoms with Crippen molar-refractivity contribution in [2.45, 2.75) is 45.3 Å².